The van der Waals surface area contributed by atoms with E-state index in [1.807, 2.05) is 4.90 Å². The van der Waals surface area contributed by atoms with Gasteiger partial charge in [-0.2, -0.15) is 0 Å². The van der Waals surface area contributed by atoms with E-state index in [1.54, 1.807) is 0 Å². The zero-order chi connectivity index (χ0) is 17.4. The van der Waals surface area contributed by atoms with Crippen LogP contribution in [0.5, 0.6) is 0 Å². The average Bonchev–Trinajstić information content (AvgIpc) is 2.58. The topological polar surface area (TPSA) is 26.8 Å². The molecule has 2 rings (SSSR count). The Morgan fingerprint density at radius 1 is 1.08 bits per heavy atom. The molecule has 1 aromatic rings. The summed E-state index contributed by atoms with van der Waals surface area (Å²) in [6.45, 7) is 6.74. The van der Waals surface area contributed by atoms with E-state index in [0.29, 0.717) is 5.91 Å². The van der Waals surface area contributed by atoms with Crippen molar-refractivity contribution in [3.63, 3.8) is 0 Å². The van der Waals surface area contributed by atoms with E-state index in [1.165, 1.54) is 30.5 Å². The molecule has 0 saturated carbocycles. The highest BCUT2D eigenvalue weighted by atomic mass is 16.2. The van der Waals surface area contributed by atoms with Gasteiger partial charge in [0.2, 0.25) is 5.91 Å². The van der Waals surface area contributed by atoms with Gasteiger partial charge in [0.15, 0.2) is 0 Å². The second kappa shape index (κ2) is 9.67. The lowest BCUT2D eigenvalue weighted by molar-refractivity contribution is -0.131. The first-order valence-corrected chi connectivity index (χ1v) is 9.36. The number of hydrogen-bond acceptors (Lipinski definition) is 3. The molecule has 0 spiro atoms. The SMILES string of the molecule is CCCCCCC(=O)N1CCN(c2cccc(CN(C)C)c2)CC1. The summed E-state index contributed by atoms with van der Waals surface area (Å²) in [5.41, 5.74) is 2.62. The molecule has 1 heterocycles. The molecule has 0 atom stereocenters. The number of piperazine rings is 1. The van der Waals surface area contributed by atoms with Gasteiger partial charge >= 0.3 is 0 Å². The van der Waals surface area contributed by atoms with Gasteiger partial charge in [-0.1, -0.05) is 38.3 Å². The molecule has 0 bridgehead atoms. The average molecular weight is 332 g/mol. The van der Waals surface area contributed by atoms with Crippen molar-refractivity contribution in [1.82, 2.24) is 9.80 Å². The predicted octanol–water partition coefficient (Wildman–Crippen LogP) is 3.37. The Hall–Kier alpha value is -1.55. The molecule has 4 heteroatoms. The Bertz CT molecular complexity index is 507. The molecular weight excluding hydrogens is 298 g/mol. The molecule has 0 radical (unpaired) electrons. The van der Waals surface area contributed by atoms with Crippen molar-refractivity contribution < 1.29 is 4.79 Å². The van der Waals surface area contributed by atoms with Gasteiger partial charge in [-0.3, -0.25) is 4.79 Å². The number of benzene rings is 1. The van der Waals surface area contributed by atoms with Crippen LogP contribution >= 0.6 is 0 Å². The summed E-state index contributed by atoms with van der Waals surface area (Å²) in [6.07, 6.45) is 5.41. The first-order chi connectivity index (χ1) is 11.6. The van der Waals surface area contributed by atoms with Gasteiger partial charge in [0, 0.05) is 44.8 Å². The van der Waals surface area contributed by atoms with Crippen molar-refractivity contribution in [3.05, 3.63) is 29.8 Å². The van der Waals surface area contributed by atoms with E-state index in [-0.39, 0.29) is 0 Å². The Kier molecular flexibility index (Phi) is 7.57. The molecule has 1 saturated heterocycles. The number of hydrogen-bond donors (Lipinski definition) is 0. The van der Waals surface area contributed by atoms with Gasteiger partial charge in [-0.05, 0) is 38.2 Å². The molecule has 1 aliphatic rings. The maximum absolute atomic E-state index is 12.3. The van der Waals surface area contributed by atoms with Crippen LogP contribution in [0.2, 0.25) is 0 Å². The van der Waals surface area contributed by atoms with E-state index in [4.69, 9.17) is 0 Å². The molecule has 1 fully saturated rings. The number of anilines is 1. The number of rotatable bonds is 8. The van der Waals surface area contributed by atoms with Crippen LogP contribution in [-0.2, 0) is 11.3 Å². The molecule has 0 aliphatic carbocycles. The number of carbonyl (C=O) groups excluding carboxylic acids is 1. The summed E-state index contributed by atoms with van der Waals surface area (Å²) in [6, 6.07) is 8.78. The number of amides is 1. The number of carbonyl (C=O) groups is 1. The molecule has 4 nitrogen and oxygen atoms in total. The van der Waals surface area contributed by atoms with Crippen molar-refractivity contribution in [3.8, 4) is 0 Å². The zero-order valence-corrected chi connectivity index (χ0v) is 15.6. The fourth-order valence-electron chi connectivity index (χ4n) is 3.29. The van der Waals surface area contributed by atoms with Crippen LogP contribution in [0.1, 0.15) is 44.6 Å². The van der Waals surface area contributed by atoms with Crippen molar-refractivity contribution in [2.24, 2.45) is 0 Å². The molecule has 0 N–H and O–H groups in total. The van der Waals surface area contributed by atoms with Crippen LogP contribution in [0.25, 0.3) is 0 Å². The van der Waals surface area contributed by atoms with E-state index >= 15 is 0 Å². The predicted molar refractivity (Wildman–Crippen MR) is 101 cm³/mol. The first-order valence-electron chi connectivity index (χ1n) is 9.36. The Labute approximate surface area is 147 Å². The van der Waals surface area contributed by atoms with E-state index in [2.05, 4.69) is 55.1 Å². The Morgan fingerprint density at radius 3 is 2.50 bits per heavy atom. The zero-order valence-electron chi connectivity index (χ0n) is 15.6. The van der Waals surface area contributed by atoms with E-state index in [0.717, 1.165) is 45.6 Å². The van der Waals surface area contributed by atoms with Gasteiger partial charge < -0.3 is 14.7 Å². The Morgan fingerprint density at radius 2 is 1.83 bits per heavy atom. The van der Waals surface area contributed by atoms with Gasteiger partial charge in [-0.15, -0.1) is 0 Å². The van der Waals surface area contributed by atoms with Gasteiger partial charge in [0.05, 0.1) is 0 Å². The molecule has 1 aliphatic heterocycles. The summed E-state index contributed by atoms with van der Waals surface area (Å²) in [4.78, 5) is 18.9. The first kappa shape index (κ1) is 18.8. The minimum Gasteiger partial charge on any atom is -0.368 e. The highest BCUT2D eigenvalue weighted by Crippen LogP contribution is 2.19. The lowest BCUT2D eigenvalue weighted by atomic mass is 10.1. The van der Waals surface area contributed by atoms with Crippen LogP contribution in [0, 0.1) is 0 Å². The highest BCUT2D eigenvalue weighted by molar-refractivity contribution is 5.76. The summed E-state index contributed by atoms with van der Waals surface area (Å²) in [7, 11) is 4.19. The van der Waals surface area contributed by atoms with Crippen molar-refractivity contribution in [2.75, 3.05) is 45.2 Å². The molecule has 0 unspecified atom stereocenters. The fraction of sp³-hybridized carbons (Fsp3) is 0.650. The normalized spacial score (nSPS) is 15.2. The summed E-state index contributed by atoms with van der Waals surface area (Å²) >= 11 is 0. The van der Waals surface area contributed by atoms with Crippen molar-refractivity contribution in [2.45, 2.75) is 45.6 Å². The molecule has 1 amide bonds. The van der Waals surface area contributed by atoms with E-state index < -0.39 is 0 Å². The van der Waals surface area contributed by atoms with E-state index in [9.17, 15) is 4.79 Å². The van der Waals surface area contributed by atoms with Crippen LogP contribution in [-0.4, -0.2) is 56.0 Å². The molecule has 24 heavy (non-hydrogen) atoms. The highest BCUT2D eigenvalue weighted by Gasteiger charge is 2.20. The summed E-state index contributed by atoms with van der Waals surface area (Å²) in [5, 5.41) is 0. The quantitative estimate of drug-likeness (QED) is 0.683. The smallest absolute Gasteiger partial charge is 0.222 e. The summed E-state index contributed by atoms with van der Waals surface area (Å²) < 4.78 is 0. The standard InChI is InChI=1S/C20H33N3O/c1-4-5-6-7-11-20(24)23-14-12-22(13-15-23)19-10-8-9-18(16-19)17-21(2)3/h8-10,16H,4-7,11-15,17H2,1-3H3. The minimum absolute atomic E-state index is 0.340. The van der Waals surface area contributed by atoms with Gasteiger partial charge in [0.1, 0.15) is 0 Å². The number of nitrogens with zero attached hydrogens (tertiary/aromatic N) is 3. The van der Waals surface area contributed by atoms with Crippen LogP contribution in [0.4, 0.5) is 5.69 Å². The fourth-order valence-corrected chi connectivity index (χ4v) is 3.29. The van der Waals surface area contributed by atoms with Crippen LogP contribution in [0.3, 0.4) is 0 Å². The molecule has 1 aromatic carbocycles. The minimum atomic E-state index is 0.340. The monoisotopic (exact) mass is 331 g/mol. The van der Waals surface area contributed by atoms with Gasteiger partial charge in [0.25, 0.3) is 0 Å². The number of unbranched alkanes of at least 4 members (excludes halogenated alkanes) is 3. The molecule has 0 aromatic heterocycles. The third-order valence-electron chi connectivity index (χ3n) is 4.65. The van der Waals surface area contributed by atoms with Gasteiger partial charge in [-0.25, -0.2) is 0 Å². The lowest BCUT2D eigenvalue weighted by Gasteiger charge is -2.36. The van der Waals surface area contributed by atoms with Crippen LogP contribution < -0.4 is 4.90 Å². The van der Waals surface area contributed by atoms with Crippen LogP contribution in [0.15, 0.2) is 24.3 Å². The third-order valence-corrected chi connectivity index (χ3v) is 4.65. The maximum atomic E-state index is 12.3. The maximum Gasteiger partial charge on any atom is 0.222 e. The summed E-state index contributed by atoms with van der Waals surface area (Å²) in [5.74, 6) is 0.340. The molecule has 134 valence electrons. The van der Waals surface area contributed by atoms with Crippen molar-refractivity contribution in [1.29, 1.82) is 0 Å². The third kappa shape index (κ3) is 5.82. The second-order valence-electron chi connectivity index (χ2n) is 7.09. The lowest BCUT2D eigenvalue weighted by Crippen LogP contribution is -2.48. The molecular formula is C20H33N3O. The van der Waals surface area contributed by atoms with Crippen molar-refractivity contribution >= 4 is 11.6 Å². The Balaban J connectivity index is 1.81. The largest absolute Gasteiger partial charge is 0.368 e. The second-order valence-corrected chi connectivity index (χ2v) is 7.09.